The third-order valence-electron chi connectivity index (χ3n) is 4.62. The Labute approximate surface area is 165 Å². The van der Waals surface area contributed by atoms with E-state index in [0.29, 0.717) is 25.1 Å². The molecule has 1 aliphatic heterocycles. The standard InChI is InChI=1S/C20H23N3O4S/c1-15-8-10-18(11-9-15)28(25,26)23-12-4-7-19(23)20(24)22-21-14-16-5-3-6-17(13-16)27-2/h3,5-6,8-11,13-14,19H,4,7,12H2,1-2H3,(H,22,24)/b21-14+. The van der Waals surface area contributed by atoms with Gasteiger partial charge in [-0.05, 0) is 49.6 Å². The van der Waals surface area contributed by atoms with Gasteiger partial charge in [-0.1, -0.05) is 29.8 Å². The van der Waals surface area contributed by atoms with Crippen molar-refractivity contribution in [3.8, 4) is 5.75 Å². The van der Waals surface area contributed by atoms with Crippen LogP contribution in [0.1, 0.15) is 24.0 Å². The largest absolute Gasteiger partial charge is 0.497 e. The van der Waals surface area contributed by atoms with Gasteiger partial charge < -0.3 is 4.74 Å². The van der Waals surface area contributed by atoms with Gasteiger partial charge in [-0.25, -0.2) is 13.8 Å². The zero-order valence-electron chi connectivity index (χ0n) is 15.8. The first kappa shape index (κ1) is 20.0. The van der Waals surface area contributed by atoms with Crippen molar-refractivity contribution in [3.05, 3.63) is 59.7 Å². The Morgan fingerprint density at radius 3 is 2.71 bits per heavy atom. The van der Waals surface area contributed by atoms with E-state index in [2.05, 4.69) is 10.5 Å². The SMILES string of the molecule is COc1cccc(/C=N/NC(=O)C2CCCN2S(=O)(=O)c2ccc(C)cc2)c1. The molecule has 1 aliphatic rings. The van der Waals surface area contributed by atoms with Crippen molar-refractivity contribution in [2.75, 3.05) is 13.7 Å². The minimum absolute atomic E-state index is 0.192. The lowest BCUT2D eigenvalue weighted by Crippen LogP contribution is -2.44. The maximum atomic E-state index is 12.9. The molecule has 1 fully saturated rings. The molecule has 1 N–H and O–H groups in total. The molecule has 3 rings (SSSR count). The van der Waals surface area contributed by atoms with Crippen LogP contribution in [-0.2, 0) is 14.8 Å². The number of nitrogens with zero attached hydrogens (tertiary/aromatic N) is 2. The molecule has 2 aromatic rings. The molecule has 1 amide bonds. The number of amides is 1. The van der Waals surface area contributed by atoms with Crippen LogP contribution in [0.25, 0.3) is 0 Å². The predicted octanol–water partition coefficient (Wildman–Crippen LogP) is 2.31. The average Bonchev–Trinajstić information content (AvgIpc) is 3.19. The number of sulfonamides is 1. The summed E-state index contributed by atoms with van der Waals surface area (Å²) in [5.41, 5.74) is 4.19. The molecule has 7 nitrogen and oxygen atoms in total. The van der Waals surface area contributed by atoms with Crippen molar-refractivity contribution in [1.29, 1.82) is 0 Å². The van der Waals surface area contributed by atoms with E-state index in [1.807, 2.05) is 25.1 Å². The lowest BCUT2D eigenvalue weighted by Gasteiger charge is -2.22. The summed E-state index contributed by atoms with van der Waals surface area (Å²) in [5, 5.41) is 3.96. The molecule has 2 aromatic carbocycles. The summed E-state index contributed by atoms with van der Waals surface area (Å²) < 4.78 is 32.2. The van der Waals surface area contributed by atoms with Crippen LogP contribution in [0.3, 0.4) is 0 Å². The maximum absolute atomic E-state index is 12.9. The van der Waals surface area contributed by atoms with Gasteiger partial charge in [0.2, 0.25) is 10.0 Å². The van der Waals surface area contributed by atoms with E-state index in [0.717, 1.165) is 11.1 Å². The summed E-state index contributed by atoms with van der Waals surface area (Å²) in [4.78, 5) is 12.7. The number of aryl methyl sites for hydroxylation is 1. The van der Waals surface area contributed by atoms with Gasteiger partial charge in [-0.3, -0.25) is 4.79 Å². The van der Waals surface area contributed by atoms with E-state index in [-0.39, 0.29) is 4.90 Å². The summed E-state index contributed by atoms with van der Waals surface area (Å²) in [7, 11) is -2.16. The van der Waals surface area contributed by atoms with Gasteiger partial charge >= 0.3 is 0 Å². The molecule has 1 saturated heterocycles. The summed E-state index contributed by atoms with van der Waals surface area (Å²) in [6.45, 7) is 2.21. The molecule has 0 bridgehead atoms. The van der Waals surface area contributed by atoms with Crippen LogP contribution in [0.5, 0.6) is 5.75 Å². The highest BCUT2D eigenvalue weighted by molar-refractivity contribution is 7.89. The number of methoxy groups -OCH3 is 1. The zero-order valence-corrected chi connectivity index (χ0v) is 16.6. The molecular formula is C20H23N3O4S. The maximum Gasteiger partial charge on any atom is 0.258 e. The van der Waals surface area contributed by atoms with Gasteiger partial charge in [0.05, 0.1) is 18.2 Å². The fourth-order valence-corrected chi connectivity index (χ4v) is 4.76. The first-order valence-corrected chi connectivity index (χ1v) is 10.4. The topological polar surface area (TPSA) is 88.1 Å². The number of nitrogens with one attached hydrogen (secondary N) is 1. The number of benzene rings is 2. The Kier molecular flexibility index (Phi) is 6.11. The van der Waals surface area contributed by atoms with E-state index in [4.69, 9.17) is 4.74 Å². The third kappa shape index (κ3) is 4.40. The number of hydrogen-bond acceptors (Lipinski definition) is 5. The van der Waals surface area contributed by atoms with Crippen molar-refractivity contribution in [1.82, 2.24) is 9.73 Å². The second-order valence-electron chi connectivity index (χ2n) is 6.60. The van der Waals surface area contributed by atoms with Crippen LogP contribution in [0, 0.1) is 6.92 Å². The third-order valence-corrected chi connectivity index (χ3v) is 6.54. The first-order valence-electron chi connectivity index (χ1n) is 8.97. The summed E-state index contributed by atoms with van der Waals surface area (Å²) in [6.07, 6.45) is 2.59. The van der Waals surface area contributed by atoms with Gasteiger partial charge in [0.15, 0.2) is 0 Å². The lowest BCUT2D eigenvalue weighted by molar-refractivity contribution is -0.124. The number of ether oxygens (including phenoxy) is 1. The zero-order chi connectivity index (χ0) is 20.1. The van der Waals surface area contributed by atoms with Crippen LogP contribution < -0.4 is 10.2 Å². The number of carbonyl (C=O) groups excluding carboxylic acids is 1. The summed E-state index contributed by atoms with van der Waals surface area (Å²) >= 11 is 0. The van der Waals surface area contributed by atoms with Crippen LogP contribution in [-0.4, -0.2) is 44.5 Å². The summed E-state index contributed by atoms with van der Waals surface area (Å²) in [6, 6.07) is 13.1. The Balaban J connectivity index is 1.70. The molecule has 0 aromatic heterocycles. The number of hydrogen-bond donors (Lipinski definition) is 1. The average molecular weight is 401 g/mol. The Hall–Kier alpha value is -2.71. The minimum Gasteiger partial charge on any atom is -0.497 e. The fourth-order valence-electron chi connectivity index (χ4n) is 3.10. The fraction of sp³-hybridized carbons (Fsp3) is 0.300. The smallest absolute Gasteiger partial charge is 0.258 e. The minimum atomic E-state index is -3.73. The highest BCUT2D eigenvalue weighted by Crippen LogP contribution is 2.26. The van der Waals surface area contributed by atoms with Crippen LogP contribution in [0.15, 0.2) is 58.5 Å². The van der Waals surface area contributed by atoms with E-state index in [1.165, 1.54) is 10.5 Å². The molecule has 0 radical (unpaired) electrons. The second-order valence-corrected chi connectivity index (χ2v) is 8.49. The van der Waals surface area contributed by atoms with E-state index < -0.39 is 22.0 Å². The highest BCUT2D eigenvalue weighted by Gasteiger charge is 2.39. The van der Waals surface area contributed by atoms with Crippen molar-refractivity contribution in [3.63, 3.8) is 0 Å². The van der Waals surface area contributed by atoms with Crippen molar-refractivity contribution >= 4 is 22.1 Å². The molecule has 0 saturated carbocycles. The molecule has 1 atom stereocenters. The van der Waals surface area contributed by atoms with Gasteiger partial charge in [0.25, 0.3) is 5.91 Å². The molecular weight excluding hydrogens is 378 g/mol. The predicted molar refractivity (Wildman–Crippen MR) is 107 cm³/mol. The number of carbonyl (C=O) groups is 1. The monoisotopic (exact) mass is 401 g/mol. The Morgan fingerprint density at radius 2 is 2.00 bits per heavy atom. The van der Waals surface area contributed by atoms with E-state index in [9.17, 15) is 13.2 Å². The van der Waals surface area contributed by atoms with Gasteiger partial charge in [-0.15, -0.1) is 0 Å². The second kappa shape index (κ2) is 8.53. The molecule has 0 aliphatic carbocycles. The number of rotatable bonds is 6. The molecule has 0 spiro atoms. The molecule has 1 unspecified atom stereocenters. The highest BCUT2D eigenvalue weighted by atomic mass is 32.2. The quantitative estimate of drug-likeness (QED) is 0.594. The number of hydrazone groups is 1. The normalized spacial score (nSPS) is 17.7. The van der Waals surface area contributed by atoms with Gasteiger partial charge in [0.1, 0.15) is 11.8 Å². The Bertz CT molecular complexity index is 971. The van der Waals surface area contributed by atoms with Crippen molar-refractivity contribution < 1.29 is 17.9 Å². The van der Waals surface area contributed by atoms with Gasteiger partial charge in [0, 0.05) is 6.54 Å². The van der Waals surface area contributed by atoms with Crippen molar-refractivity contribution in [2.24, 2.45) is 5.10 Å². The van der Waals surface area contributed by atoms with E-state index >= 15 is 0 Å². The molecule has 148 valence electrons. The van der Waals surface area contributed by atoms with Crippen molar-refractivity contribution in [2.45, 2.75) is 30.7 Å². The van der Waals surface area contributed by atoms with Crippen LogP contribution in [0.4, 0.5) is 0 Å². The molecule has 1 heterocycles. The summed E-state index contributed by atoms with van der Waals surface area (Å²) in [5.74, 6) is 0.244. The molecule has 28 heavy (non-hydrogen) atoms. The van der Waals surface area contributed by atoms with Crippen LogP contribution >= 0.6 is 0 Å². The Morgan fingerprint density at radius 1 is 1.25 bits per heavy atom. The lowest BCUT2D eigenvalue weighted by atomic mass is 10.2. The van der Waals surface area contributed by atoms with E-state index in [1.54, 1.807) is 37.4 Å². The first-order chi connectivity index (χ1) is 13.4. The van der Waals surface area contributed by atoms with Crippen LogP contribution in [0.2, 0.25) is 0 Å². The molecule has 8 heteroatoms. The van der Waals surface area contributed by atoms with Gasteiger partial charge in [-0.2, -0.15) is 9.41 Å².